The van der Waals surface area contributed by atoms with Crippen molar-refractivity contribution in [1.82, 2.24) is 14.9 Å². The minimum atomic E-state index is -0.128. The summed E-state index contributed by atoms with van der Waals surface area (Å²) in [7, 11) is 3.08. The van der Waals surface area contributed by atoms with Gasteiger partial charge in [0.1, 0.15) is 6.10 Å². The summed E-state index contributed by atoms with van der Waals surface area (Å²) in [5, 5.41) is 0. The van der Waals surface area contributed by atoms with Crippen LogP contribution in [0.1, 0.15) is 23.2 Å². The van der Waals surface area contributed by atoms with Gasteiger partial charge in [-0.3, -0.25) is 4.79 Å². The summed E-state index contributed by atoms with van der Waals surface area (Å²) in [5.74, 6) is 0.887. The molecule has 1 aliphatic rings. The molecular weight excluding hydrogens is 322 g/mol. The number of rotatable bonds is 5. The van der Waals surface area contributed by atoms with E-state index < -0.39 is 0 Å². The van der Waals surface area contributed by atoms with E-state index in [1.807, 2.05) is 0 Å². The van der Waals surface area contributed by atoms with Crippen molar-refractivity contribution in [2.24, 2.45) is 0 Å². The summed E-state index contributed by atoms with van der Waals surface area (Å²) in [6, 6.07) is 7.36. The molecule has 25 heavy (non-hydrogen) atoms. The Morgan fingerprint density at radius 3 is 2.68 bits per heavy atom. The van der Waals surface area contributed by atoms with Crippen LogP contribution in [0.3, 0.4) is 0 Å². The molecule has 3 rings (SSSR count). The number of methoxy groups -OCH3 is 2. The minimum absolute atomic E-state index is 0.0990. The molecule has 0 radical (unpaired) electrons. The zero-order valence-corrected chi connectivity index (χ0v) is 14.3. The van der Waals surface area contributed by atoms with Crippen molar-refractivity contribution in [3.05, 3.63) is 42.2 Å². The molecule has 7 nitrogen and oxygen atoms in total. The third kappa shape index (κ3) is 3.81. The number of hydrogen-bond donors (Lipinski definition) is 0. The molecule has 0 unspecified atom stereocenters. The lowest BCUT2D eigenvalue weighted by Crippen LogP contribution is -2.44. The number of benzene rings is 1. The number of piperidine rings is 1. The van der Waals surface area contributed by atoms with Gasteiger partial charge in [-0.15, -0.1) is 0 Å². The highest BCUT2D eigenvalue weighted by Crippen LogP contribution is 2.32. The van der Waals surface area contributed by atoms with Gasteiger partial charge in [0.05, 0.1) is 26.3 Å². The van der Waals surface area contributed by atoms with Crippen LogP contribution < -0.4 is 14.2 Å². The van der Waals surface area contributed by atoms with Gasteiger partial charge in [-0.1, -0.05) is 6.07 Å². The predicted octanol–water partition coefficient (Wildman–Crippen LogP) is 2.18. The van der Waals surface area contributed by atoms with E-state index in [-0.39, 0.29) is 12.0 Å². The highest BCUT2D eigenvalue weighted by atomic mass is 16.5. The Morgan fingerprint density at radius 1 is 1.16 bits per heavy atom. The molecule has 1 aromatic heterocycles. The van der Waals surface area contributed by atoms with Gasteiger partial charge in [-0.2, -0.15) is 0 Å². The van der Waals surface area contributed by atoms with Gasteiger partial charge in [-0.05, 0) is 31.0 Å². The topological polar surface area (TPSA) is 73.8 Å². The van der Waals surface area contributed by atoms with Crippen molar-refractivity contribution in [3.63, 3.8) is 0 Å². The second-order valence-electron chi connectivity index (χ2n) is 5.71. The van der Waals surface area contributed by atoms with Gasteiger partial charge in [-0.25, -0.2) is 9.97 Å². The van der Waals surface area contributed by atoms with Crippen LogP contribution in [0.25, 0.3) is 0 Å². The summed E-state index contributed by atoms with van der Waals surface area (Å²) in [6.07, 6.45) is 4.86. The van der Waals surface area contributed by atoms with E-state index in [9.17, 15) is 4.79 Å². The molecule has 1 aliphatic heterocycles. The van der Waals surface area contributed by atoms with Crippen molar-refractivity contribution in [2.75, 3.05) is 27.3 Å². The number of nitrogens with zero attached hydrogens (tertiary/aromatic N) is 3. The molecule has 2 aromatic rings. The van der Waals surface area contributed by atoms with Crippen molar-refractivity contribution in [3.8, 4) is 17.5 Å². The number of amides is 1. The summed E-state index contributed by atoms with van der Waals surface area (Å²) < 4.78 is 16.5. The highest BCUT2D eigenvalue weighted by Gasteiger charge is 2.28. The molecule has 1 amide bonds. The maximum absolute atomic E-state index is 12.9. The zero-order valence-electron chi connectivity index (χ0n) is 14.3. The molecule has 1 fully saturated rings. The summed E-state index contributed by atoms with van der Waals surface area (Å²) in [6.45, 7) is 1.16. The third-order valence-electron chi connectivity index (χ3n) is 4.11. The average Bonchev–Trinajstić information content (AvgIpc) is 2.67. The Balaban J connectivity index is 1.74. The van der Waals surface area contributed by atoms with Gasteiger partial charge in [0.2, 0.25) is 0 Å². The van der Waals surface area contributed by atoms with Crippen LogP contribution in [0.5, 0.6) is 17.5 Å². The van der Waals surface area contributed by atoms with E-state index in [2.05, 4.69) is 9.97 Å². The van der Waals surface area contributed by atoms with Gasteiger partial charge in [0, 0.05) is 18.9 Å². The number of aromatic nitrogens is 2. The van der Waals surface area contributed by atoms with E-state index in [0.717, 1.165) is 12.8 Å². The largest absolute Gasteiger partial charge is 0.493 e. The van der Waals surface area contributed by atoms with Gasteiger partial charge in [0.15, 0.2) is 11.5 Å². The van der Waals surface area contributed by atoms with Crippen LogP contribution in [0, 0.1) is 0 Å². The zero-order chi connectivity index (χ0) is 17.6. The number of likely N-dealkylation sites (tertiary alicyclic amines) is 1. The lowest BCUT2D eigenvalue weighted by Gasteiger charge is -2.32. The monoisotopic (exact) mass is 343 g/mol. The lowest BCUT2D eigenvalue weighted by molar-refractivity contribution is 0.0512. The maximum atomic E-state index is 12.9. The normalized spacial score (nSPS) is 17.0. The Labute approximate surface area is 146 Å². The smallest absolute Gasteiger partial charge is 0.316 e. The number of hydrogen-bond acceptors (Lipinski definition) is 6. The second kappa shape index (κ2) is 7.83. The number of para-hydroxylation sites is 1. The fourth-order valence-electron chi connectivity index (χ4n) is 2.94. The molecule has 0 aliphatic carbocycles. The van der Waals surface area contributed by atoms with Crippen LogP contribution >= 0.6 is 0 Å². The second-order valence-corrected chi connectivity index (χ2v) is 5.71. The molecule has 132 valence electrons. The Morgan fingerprint density at radius 2 is 1.96 bits per heavy atom. The fraction of sp³-hybridized carbons (Fsp3) is 0.389. The highest BCUT2D eigenvalue weighted by molar-refractivity contribution is 5.97. The van der Waals surface area contributed by atoms with Crippen LogP contribution in [-0.4, -0.2) is 54.2 Å². The average molecular weight is 343 g/mol. The summed E-state index contributed by atoms with van der Waals surface area (Å²) >= 11 is 0. The van der Waals surface area contributed by atoms with Gasteiger partial charge < -0.3 is 19.1 Å². The predicted molar refractivity (Wildman–Crippen MR) is 91.1 cm³/mol. The first-order chi connectivity index (χ1) is 12.2. The molecule has 2 heterocycles. The van der Waals surface area contributed by atoms with E-state index in [1.165, 1.54) is 7.11 Å². The van der Waals surface area contributed by atoms with Crippen molar-refractivity contribution in [2.45, 2.75) is 18.9 Å². The van der Waals surface area contributed by atoms with Crippen LogP contribution in [0.4, 0.5) is 0 Å². The molecule has 0 saturated carbocycles. The van der Waals surface area contributed by atoms with E-state index >= 15 is 0 Å². The Kier molecular flexibility index (Phi) is 5.33. The first kappa shape index (κ1) is 17.0. The molecule has 0 spiro atoms. The van der Waals surface area contributed by atoms with Crippen LogP contribution in [0.2, 0.25) is 0 Å². The molecule has 0 N–H and O–H groups in total. The molecule has 1 aromatic carbocycles. The number of carbonyl (C=O) groups excluding carboxylic acids is 1. The standard InChI is InChI=1S/C18H21N3O4/c1-23-15-8-3-7-14(16(15)24-2)17(22)21-11-4-6-13(12-21)25-18-19-9-5-10-20-18/h3,5,7-10,13H,4,6,11-12H2,1-2H3/t13-/m0/s1. The van der Waals surface area contributed by atoms with Gasteiger partial charge >= 0.3 is 6.01 Å². The maximum Gasteiger partial charge on any atom is 0.316 e. The molecule has 1 saturated heterocycles. The quantitative estimate of drug-likeness (QED) is 0.828. The molecule has 0 bridgehead atoms. The summed E-state index contributed by atoms with van der Waals surface area (Å²) in [5.41, 5.74) is 0.485. The Bertz CT molecular complexity index is 724. The SMILES string of the molecule is COc1cccc(C(=O)N2CCC[C@H](Oc3ncccn3)C2)c1OC. The van der Waals surface area contributed by atoms with E-state index in [0.29, 0.717) is 36.2 Å². The first-order valence-corrected chi connectivity index (χ1v) is 8.17. The number of ether oxygens (including phenoxy) is 3. The van der Waals surface area contributed by atoms with Crippen LogP contribution in [-0.2, 0) is 0 Å². The van der Waals surface area contributed by atoms with E-state index in [4.69, 9.17) is 14.2 Å². The Hall–Kier alpha value is -2.83. The number of carbonyl (C=O) groups is 1. The van der Waals surface area contributed by atoms with Gasteiger partial charge in [0.25, 0.3) is 5.91 Å². The van der Waals surface area contributed by atoms with Crippen molar-refractivity contribution >= 4 is 5.91 Å². The van der Waals surface area contributed by atoms with Crippen molar-refractivity contribution in [1.29, 1.82) is 0 Å². The minimum Gasteiger partial charge on any atom is -0.493 e. The van der Waals surface area contributed by atoms with Crippen LogP contribution in [0.15, 0.2) is 36.7 Å². The first-order valence-electron chi connectivity index (χ1n) is 8.17. The molecular formula is C18H21N3O4. The fourth-order valence-corrected chi connectivity index (χ4v) is 2.94. The van der Waals surface area contributed by atoms with Crippen molar-refractivity contribution < 1.29 is 19.0 Å². The summed E-state index contributed by atoms with van der Waals surface area (Å²) in [4.78, 5) is 22.9. The van der Waals surface area contributed by atoms with E-state index in [1.54, 1.807) is 48.7 Å². The third-order valence-corrected chi connectivity index (χ3v) is 4.11. The molecule has 7 heteroatoms. The molecule has 1 atom stereocenters. The lowest BCUT2D eigenvalue weighted by atomic mass is 10.1.